The van der Waals surface area contributed by atoms with Crippen LogP contribution in [0.15, 0.2) is 48.7 Å². The number of carbonyl (C=O) groups excluding carboxylic acids is 1. The number of hydrogen-bond donors (Lipinski definition) is 1. The van der Waals surface area contributed by atoms with Gasteiger partial charge in [0.2, 0.25) is 0 Å². The first-order valence-electron chi connectivity index (χ1n) is 10.2. The third kappa shape index (κ3) is 3.73. The van der Waals surface area contributed by atoms with E-state index in [1.54, 1.807) is 18.2 Å². The Morgan fingerprint density at radius 2 is 1.93 bits per heavy atom. The average molecular weight is 441 g/mol. The van der Waals surface area contributed by atoms with Crippen molar-refractivity contribution in [1.29, 1.82) is 0 Å². The molecule has 3 heterocycles. The molecule has 0 aliphatic carbocycles. The molecule has 1 N–H and O–H groups in total. The summed E-state index contributed by atoms with van der Waals surface area (Å²) in [7, 11) is 0. The minimum Gasteiger partial charge on any atom is -0.368 e. The van der Waals surface area contributed by atoms with E-state index in [4.69, 9.17) is 23.2 Å². The van der Waals surface area contributed by atoms with Gasteiger partial charge < -0.3 is 10.2 Å². The first-order valence-corrected chi connectivity index (χ1v) is 11.0. The molecule has 0 bridgehead atoms. The summed E-state index contributed by atoms with van der Waals surface area (Å²) < 4.78 is 0. The molecule has 0 radical (unpaired) electrons. The van der Waals surface area contributed by atoms with Crippen molar-refractivity contribution in [2.75, 3.05) is 36.4 Å². The van der Waals surface area contributed by atoms with E-state index in [2.05, 4.69) is 26.2 Å². The van der Waals surface area contributed by atoms with Crippen molar-refractivity contribution < 1.29 is 4.79 Å². The van der Waals surface area contributed by atoms with E-state index >= 15 is 0 Å². The van der Waals surface area contributed by atoms with Crippen LogP contribution in [0.5, 0.6) is 0 Å². The minimum atomic E-state index is -0.224. The lowest BCUT2D eigenvalue weighted by Crippen LogP contribution is -2.50. The fourth-order valence-corrected chi connectivity index (χ4v) is 4.83. The highest BCUT2D eigenvalue weighted by Gasteiger charge is 2.31. The Morgan fingerprint density at radius 3 is 2.80 bits per heavy atom. The first kappa shape index (κ1) is 19.6. The molecule has 0 saturated carbocycles. The zero-order valence-electron chi connectivity index (χ0n) is 16.4. The first-order chi connectivity index (χ1) is 14.6. The number of rotatable bonds is 3. The second kappa shape index (κ2) is 8.06. The quantitative estimate of drug-likeness (QED) is 0.616. The molecule has 0 spiro atoms. The molecule has 3 aromatic rings. The predicted molar refractivity (Wildman–Crippen MR) is 123 cm³/mol. The lowest BCUT2D eigenvalue weighted by atomic mass is 10.1. The predicted octanol–water partition coefficient (Wildman–Crippen LogP) is 5.08. The Morgan fingerprint density at radius 1 is 1.03 bits per heavy atom. The van der Waals surface area contributed by atoms with Crippen molar-refractivity contribution in [1.82, 2.24) is 9.88 Å². The smallest absolute Gasteiger partial charge is 0.255 e. The molecular weight excluding hydrogens is 419 g/mol. The summed E-state index contributed by atoms with van der Waals surface area (Å²) in [5.74, 6) is -0.224. The molecule has 2 saturated heterocycles. The summed E-state index contributed by atoms with van der Waals surface area (Å²) in [6.45, 7) is 4.37. The Balaban J connectivity index is 1.42. The number of piperazine rings is 1. The maximum absolute atomic E-state index is 12.7. The third-order valence-corrected chi connectivity index (χ3v) is 6.83. The zero-order chi connectivity index (χ0) is 20.7. The highest BCUT2D eigenvalue weighted by Crippen LogP contribution is 2.32. The number of aromatic nitrogens is 1. The number of fused-ring (bicyclic) bond motifs is 2. The number of hydrogen-bond acceptors (Lipinski definition) is 4. The molecule has 0 unspecified atom stereocenters. The molecule has 2 aliphatic heterocycles. The van der Waals surface area contributed by atoms with Crippen LogP contribution in [0, 0.1) is 0 Å². The normalized spacial score (nSPS) is 19.1. The summed E-state index contributed by atoms with van der Waals surface area (Å²) in [5, 5.41) is 4.81. The minimum absolute atomic E-state index is 0.224. The molecule has 2 aliphatic rings. The third-order valence-electron chi connectivity index (χ3n) is 6.09. The molecule has 2 fully saturated rings. The highest BCUT2D eigenvalue weighted by molar-refractivity contribution is 6.42. The average Bonchev–Trinajstić information content (AvgIpc) is 3.23. The Bertz CT molecular complexity index is 1120. The number of benzene rings is 2. The van der Waals surface area contributed by atoms with E-state index in [0.29, 0.717) is 21.7 Å². The van der Waals surface area contributed by atoms with Crippen molar-refractivity contribution in [2.45, 2.75) is 18.9 Å². The van der Waals surface area contributed by atoms with E-state index in [-0.39, 0.29) is 5.91 Å². The molecule has 154 valence electrons. The van der Waals surface area contributed by atoms with Crippen molar-refractivity contribution in [3.63, 3.8) is 0 Å². The van der Waals surface area contributed by atoms with Crippen LogP contribution in [0.2, 0.25) is 10.0 Å². The maximum atomic E-state index is 12.7. The zero-order valence-corrected chi connectivity index (χ0v) is 18.0. The second-order valence-electron chi connectivity index (χ2n) is 7.92. The van der Waals surface area contributed by atoms with Crippen LogP contribution in [0.25, 0.3) is 10.9 Å². The van der Waals surface area contributed by atoms with Gasteiger partial charge in [-0.05, 0) is 61.9 Å². The molecule has 1 atom stereocenters. The number of carbonyl (C=O) groups is 1. The largest absolute Gasteiger partial charge is 0.368 e. The summed E-state index contributed by atoms with van der Waals surface area (Å²) in [4.78, 5) is 22.3. The van der Waals surface area contributed by atoms with Crippen LogP contribution in [-0.4, -0.2) is 48.0 Å². The lowest BCUT2D eigenvalue weighted by molar-refractivity contribution is 0.102. The number of anilines is 2. The number of pyridine rings is 1. The van der Waals surface area contributed by atoms with Gasteiger partial charge in [-0.3, -0.25) is 14.7 Å². The van der Waals surface area contributed by atoms with E-state index in [1.165, 1.54) is 25.1 Å². The van der Waals surface area contributed by atoms with Crippen molar-refractivity contribution in [3.05, 3.63) is 64.3 Å². The molecule has 30 heavy (non-hydrogen) atoms. The monoisotopic (exact) mass is 440 g/mol. The van der Waals surface area contributed by atoms with Gasteiger partial charge in [0.1, 0.15) is 0 Å². The maximum Gasteiger partial charge on any atom is 0.255 e. The van der Waals surface area contributed by atoms with Crippen molar-refractivity contribution in [2.24, 2.45) is 0 Å². The molecule has 5 nitrogen and oxygen atoms in total. The summed E-state index contributed by atoms with van der Waals surface area (Å²) >= 11 is 12.0. The van der Waals surface area contributed by atoms with Gasteiger partial charge in [-0.25, -0.2) is 0 Å². The SMILES string of the molecule is O=C(Nc1ccc2nccc(N3CCN4CCC[C@H]4C3)c2c1)c1ccc(Cl)c(Cl)c1. The highest BCUT2D eigenvalue weighted by atomic mass is 35.5. The standard InChI is InChI=1S/C23H22Cl2N4O/c24-19-5-3-15(12-20(19)25)23(30)27-16-4-6-21-18(13-16)22(7-8-26-21)29-11-10-28-9-1-2-17(28)14-29/h3-8,12-13,17H,1-2,9-11,14H2,(H,27,30)/t17-/m0/s1. The van der Waals surface area contributed by atoms with E-state index < -0.39 is 0 Å². The van der Waals surface area contributed by atoms with Gasteiger partial charge in [0, 0.05) is 54.2 Å². The van der Waals surface area contributed by atoms with E-state index in [9.17, 15) is 4.79 Å². The molecule has 2 aromatic carbocycles. The summed E-state index contributed by atoms with van der Waals surface area (Å²) in [5.41, 5.74) is 3.30. The van der Waals surface area contributed by atoms with E-state index in [0.717, 1.165) is 36.2 Å². The molecule has 1 aromatic heterocycles. The Kier molecular flexibility index (Phi) is 5.27. The van der Waals surface area contributed by atoms with Crippen LogP contribution in [0.4, 0.5) is 11.4 Å². The Hall–Kier alpha value is -2.34. The van der Waals surface area contributed by atoms with Crippen LogP contribution in [0.3, 0.4) is 0 Å². The fourth-order valence-electron chi connectivity index (χ4n) is 4.54. The topological polar surface area (TPSA) is 48.5 Å². The number of nitrogens with one attached hydrogen (secondary N) is 1. The second-order valence-corrected chi connectivity index (χ2v) is 8.74. The van der Waals surface area contributed by atoms with Gasteiger partial charge in [0.25, 0.3) is 5.91 Å². The van der Waals surface area contributed by atoms with Crippen LogP contribution in [-0.2, 0) is 0 Å². The van der Waals surface area contributed by atoms with Crippen molar-refractivity contribution >= 4 is 51.4 Å². The van der Waals surface area contributed by atoms with Gasteiger partial charge in [0.15, 0.2) is 0 Å². The van der Waals surface area contributed by atoms with Crippen LogP contribution < -0.4 is 10.2 Å². The Labute approximate surface area is 185 Å². The van der Waals surface area contributed by atoms with Gasteiger partial charge >= 0.3 is 0 Å². The molecule has 1 amide bonds. The molecular formula is C23H22Cl2N4O. The van der Waals surface area contributed by atoms with Crippen LogP contribution in [0.1, 0.15) is 23.2 Å². The van der Waals surface area contributed by atoms with Crippen LogP contribution >= 0.6 is 23.2 Å². The molecule has 5 rings (SSSR count). The number of amides is 1. The molecule has 7 heteroatoms. The van der Waals surface area contributed by atoms with Gasteiger partial charge in [-0.1, -0.05) is 23.2 Å². The van der Waals surface area contributed by atoms with Gasteiger partial charge in [0.05, 0.1) is 15.6 Å². The lowest BCUT2D eigenvalue weighted by Gasteiger charge is -2.39. The van der Waals surface area contributed by atoms with Crippen molar-refractivity contribution in [3.8, 4) is 0 Å². The van der Waals surface area contributed by atoms with Gasteiger partial charge in [-0.15, -0.1) is 0 Å². The fraction of sp³-hybridized carbons (Fsp3) is 0.304. The van der Waals surface area contributed by atoms with Gasteiger partial charge in [-0.2, -0.15) is 0 Å². The number of nitrogens with zero attached hydrogens (tertiary/aromatic N) is 3. The van der Waals surface area contributed by atoms with E-state index in [1.807, 2.05) is 24.4 Å². The number of halogens is 2. The summed E-state index contributed by atoms with van der Waals surface area (Å²) in [6, 6.07) is 13.4. The summed E-state index contributed by atoms with van der Waals surface area (Å²) in [6.07, 6.45) is 4.43.